The van der Waals surface area contributed by atoms with E-state index >= 15 is 0 Å². The van der Waals surface area contributed by atoms with Crippen molar-refractivity contribution in [3.8, 4) is 0 Å². The smallest absolute Gasteiger partial charge is 0.240 e. The second-order valence-corrected chi connectivity index (χ2v) is 8.06. The van der Waals surface area contributed by atoms with Crippen molar-refractivity contribution in [2.24, 2.45) is 0 Å². The number of piperazine rings is 1. The summed E-state index contributed by atoms with van der Waals surface area (Å²) in [4.78, 5) is 20.8. The van der Waals surface area contributed by atoms with Crippen LogP contribution in [0.25, 0.3) is 0 Å². The van der Waals surface area contributed by atoms with Gasteiger partial charge in [-0.15, -0.1) is 11.6 Å². The number of carbonyl (C=O) groups excluding carboxylic acids is 1. The van der Waals surface area contributed by atoms with E-state index in [1.807, 2.05) is 36.1 Å². The van der Waals surface area contributed by atoms with Crippen molar-refractivity contribution in [3.63, 3.8) is 0 Å². The lowest BCUT2D eigenvalue weighted by Gasteiger charge is -2.40. The Balaban J connectivity index is 1.63. The summed E-state index contributed by atoms with van der Waals surface area (Å²) in [5, 5.41) is 1.15. The number of anilines is 1. The Kier molecular flexibility index (Phi) is 5.81. The van der Waals surface area contributed by atoms with Crippen LogP contribution in [-0.2, 0) is 11.2 Å². The molecule has 1 aromatic carbocycles. The zero-order chi connectivity index (χ0) is 18.0. The van der Waals surface area contributed by atoms with Gasteiger partial charge in [-0.2, -0.15) is 4.37 Å². The summed E-state index contributed by atoms with van der Waals surface area (Å²) < 4.78 is 4.47. The number of benzene rings is 1. The van der Waals surface area contributed by atoms with E-state index in [0.717, 1.165) is 34.6 Å². The third-order valence-electron chi connectivity index (χ3n) is 4.25. The van der Waals surface area contributed by atoms with Gasteiger partial charge in [-0.05, 0) is 31.5 Å². The van der Waals surface area contributed by atoms with E-state index in [-0.39, 0.29) is 11.9 Å². The standard InChI is InChI=1S/C17H20Cl2N4OS/c1-11-10-22(7-8-23(11)16(24)12(2)18)17-20-15(21-25-17)9-13-3-5-14(19)6-4-13/h3-6,11-12H,7-10H2,1-2H3. The van der Waals surface area contributed by atoms with Crippen LogP contribution in [0, 0.1) is 0 Å². The number of hydrogen-bond acceptors (Lipinski definition) is 5. The van der Waals surface area contributed by atoms with Crippen molar-refractivity contribution in [3.05, 3.63) is 40.7 Å². The topological polar surface area (TPSA) is 49.3 Å². The predicted molar refractivity (Wildman–Crippen MR) is 103 cm³/mol. The van der Waals surface area contributed by atoms with Gasteiger partial charge in [0.1, 0.15) is 11.2 Å². The number of hydrogen-bond donors (Lipinski definition) is 0. The fourth-order valence-electron chi connectivity index (χ4n) is 2.92. The molecule has 2 heterocycles. The fourth-order valence-corrected chi connectivity index (χ4v) is 3.89. The van der Waals surface area contributed by atoms with Gasteiger partial charge < -0.3 is 9.80 Å². The van der Waals surface area contributed by atoms with Crippen LogP contribution in [0.5, 0.6) is 0 Å². The Morgan fingerprint density at radius 2 is 2.08 bits per heavy atom. The van der Waals surface area contributed by atoms with E-state index in [1.165, 1.54) is 11.5 Å². The van der Waals surface area contributed by atoms with Crippen molar-refractivity contribution < 1.29 is 4.79 Å². The molecular weight excluding hydrogens is 379 g/mol. The van der Waals surface area contributed by atoms with Gasteiger partial charge in [0.25, 0.3) is 0 Å². The van der Waals surface area contributed by atoms with E-state index in [9.17, 15) is 4.79 Å². The highest BCUT2D eigenvalue weighted by Crippen LogP contribution is 2.23. The zero-order valence-corrected chi connectivity index (χ0v) is 16.5. The van der Waals surface area contributed by atoms with E-state index in [2.05, 4.69) is 14.3 Å². The van der Waals surface area contributed by atoms with Crippen LogP contribution in [0.15, 0.2) is 24.3 Å². The number of alkyl halides is 1. The van der Waals surface area contributed by atoms with Gasteiger partial charge in [-0.1, -0.05) is 23.7 Å². The molecule has 25 heavy (non-hydrogen) atoms. The van der Waals surface area contributed by atoms with E-state index in [4.69, 9.17) is 23.2 Å². The van der Waals surface area contributed by atoms with Crippen molar-refractivity contribution in [2.45, 2.75) is 31.7 Å². The molecule has 0 radical (unpaired) electrons. The van der Waals surface area contributed by atoms with Gasteiger partial charge in [0, 0.05) is 48.7 Å². The monoisotopic (exact) mass is 398 g/mol. The highest BCUT2D eigenvalue weighted by Gasteiger charge is 2.30. The summed E-state index contributed by atoms with van der Waals surface area (Å²) in [6.07, 6.45) is 0.686. The largest absolute Gasteiger partial charge is 0.343 e. The number of nitrogens with zero attached hydrogens (tertiary/aromatic N) is 4. The first-order valence-corrected chi connectivity index (χ1v) is 9.79. The van der Waals surface area contributed by atoms with Crippen LogP contribution in [0.3, 0.4) is 0 Å². The Morgan fingerprint density at radius 1 is 1.36 bits per heavy atom. The quantitative estimate of drug-likeness (QED) is 0.739. The summed E-state index contributed by atoms with van der Waals surface area (Å²) in [5.74, 6) is 0.803. The van der Waals surface area contributed by atoms with Gasteiger partial charge in [0.2, 0.25) is 11.0 Å². The first kappa shape index (κ1) is 18.4. The zero-order valence-electron chi connectivity index (χ0n) is 14.2. The summed E-state index contributed by atoms with van der Waals surface area (Å²) in [6, 6.07) is 7.83. The molecule has 1 aliphatic rings. The van der Waals surface area contributed by atoms with Crippen molar-refractivity contribution in [1.82, 2.24) is 14.3 Å². The van der Waals surface area contributed by atoms with Gasteiger partial charge >= 0.3 is 0 Å². The Labute approximate surface area is 161 Å². The van der Waals surface area contributed by atoms with Crippen molar-refractivity contribution >= 4 is 45.8 Å². The molecule has 1 amide bonds. The first-order chi connectivity index (χ1) is 11.9. The minimum atomic E-state index is -0.485. The maximum Gasteiger partial charge on any atom is 0.240 e. The highest BCUT2D eigenvalue weighted by molar-refractivity contribution is 7.09. The molecule has 1 aromatic heterocycles. The second kappa shape index (κ2) is 7.89. The molecule has 2 unspecified atom stereocenters. The van der Waals surface area contributed by atoms with Crippen LogP contribution >= 0.6 is 34.7 Å². The van der Waals surface area contributed by atoms with Crippen molar-refractivity contribution in [2.75, 3.05) is 24.5 Å². The van der Waals surface area contributed by atoms with Crippen LogP contribution in [0.2, 0.25) is 5.02 Å². The molecule has 1 aliphatic heterocycles. The Bertz CT molecular complexity index is 735. The summed E-state index contributed by atoms with van der Waals surface area (Å²) in [7, 11) is 0. The van der Waals surface area contributed by atoms with E-state index in [0.29, 0.717) is 13.0 Å². The number of carbonyl (C=O) groups is 1. The lowest BCUT2D eigenvalue weighted by Crippen LogP contribution is -2.55. The van der Waals surface area contributed by atoms with Gasteiger partial charge in [-0.3, -0.25) is 4.79 Å². The predicted octanol–water partition coefficient (Wildman–Crippen LogP) is 3.45. The minimum Gasteiger partial charge on any atom is -0.343 e. The normalized spacial score (nSPS) is 19.1. The van der Waals surface area contributed by atoms with Crippen LogP contribution in [0.1, 0.15) is 25.2 Å². The number of amides is 1. The molecule has 3 rings (SSSR count). The molecule has 0 saturated carbocycles. The fraction of sp³-hybridized carbons (Fsp3) is 0.471. The molecule has 0 bridgehead atoms. The molecule has 0 aliphatic carbocycles. The molecule has 2 aromatic rings. The lowest BCUT2D eigenvalue weighted by molar-refractivity contribution is -0.132. The Hall–Kier alpha value is -1.37. The highest BCUT2D eigenvalue weighted by atomic mass is 35.5. The second-order valence-electron chi connectivity index (χ2n) is 6.24. The summed E-state index contributed by atoms with van der Waals surface area (Å²) in [6.45, 7) is 5.90. The van der Waals surface area contributed by atoms with Gasteiger partial charge in [-0.25, -0.2) is 4.98 Å². The first-order valence-electron chi connectivity index (χ1n) is 8.20. The number of rotatable bonds is 4. The number of aromatic nitrogens is 2. The SMILES string of the molecule is CC(Cl)C(=O)N1CCN(c2nc(Cc3ccc(Cl)cc3)ns2)CC1C. The van der Waals surface area contributed by atoms with Crippen LogP contribution < -0.4 is 4.90 Å². The summed E-state index contributed by atoms with van der Waals surface area (Å²) in [5.41, 5.74) is 1.13. The molecule has 1 saturated heterocycles. The van der Waals surface area contributed by atoms with E-state index in [1.54, 1.807) is 6.92 Å². The molecule has 0 spiro atoms. The van der Waals surface area contributed by atoms with Crippen LogP contribution in [0.4, 0.5) is 5.13 Å². The number of halogens is 2. The average Bonchev–Trinajstić information content (AvgIpc) is 3.04. The lowest BCUT2D eigenvalue weighted by atomic mass is 10.1. The van der Waals surface area contributed by atoms with Gasteiger partial charge in [0.05, 0.1) is 0 Å². The molecule has 5 nitrogen and oxygen atoms in total. The molecule has 8 heteroatoms. The molecular formula is C17H20Cl2N4OS. The van der Waals surface area contributed by atoms with Gasteiger partial charge in [0.15, 0.2) is 0 Å². The molecule has 1 fully saturated rings. The van der Waals surface area contributed by atoms with E-state index < -0.39 is 5.38 Å². The summed E-state index contributed by atoms with van der Waals surface area (Å²) >= 11 is 13.3. The molecule has 134 valence electrons. The third kappa shape index (κ3) is 4.43. The maximum absolute atomic E-state index is 12.1. The van der Waals surface area contributed by atoms with Crippen LogP contribution in [-0.4, -0.2) is 51.2 Å². The van der Waals surface area contributed by atoms with Crippen molar-refractivity contribution in [1.29, 1.82) is 0 Å². The average molecular weight is 399 g/mol. The minimum absolute atomic E-state index is 0.00509. The third-order valence-corrected chi connectivity index (χ3v) is 5.51. The Morgan fingerprint density at radius 3 is 2.72 bits per heavy atom. The molecule has 2 atom stereocenters. The molecule has 0 N–H and O–H groups in total. The maximum atomic E-state index is 12.1.